The normalized spacial score (nSPS) is 15.0. The van der Waals surface area contributed by atoms with Crippen molar-refractivity contribution in [2.24, 2.45) is 0 Å². The van der Waals surface area contributed by atoms with Crippen molar-refractivity contribution in [2.75, 3.05) is 32.8 Å². The average Bonchev–Trinajstić information content (AvgIpc) is 2.73. The summed E-state index contributed by atoms with van der Waals surface area (Å²) in [5.74, 6) is -1.36. The first kappa shape index (κ1) is 22.9. The average molecular weight is 449 g/mol. The van der Waals surface area contributed by atoms with Crippen LogP contribution in [0.3, 0.4) is 0 Å². The molecule has 2 aromatic carbocycles. The molecule has 2 aromatic rings. The van der Waals surface area contributed by atoms with Crippen LogP contribution in [0.25, 0.3) is 0 Å². The zero-order valence-corrected chi connectivity index (χ0v) is 18.3. The fourth-order valence-corrected chi connectivity index (χ4v) is 5.09. The van der Waals surface area contributed by atoms with Crippen LogP contribution in [0.1, 0.15) is 16.7 Å². The second-order valence-electron chi connectivity index (χ2n) is 7.52. The van der Waals surface area contributed by atoms with Crippen LogP contribution in [0.5, 0.6) is 0 Å². The largest absolute Gasteiger partial charge is 0.455 e. The number of halogens is 1. The van der Waals surface area contributed by atoms with E-state index in [1.807, 2.05) is 13.0 Å². The van der Waals surface area contributed by atoms with Gasteiger partial charge in [0, 0.05) is 26.2 Å². The lowest BCUT2D eigenvalue weighted by molar-refractivity contribution is -0.152. The molecule has 166 valence electrons. The third-order valence-corrected chi connectivity index (χ3v) is 7.22. The van der Waals surface area contributed by atoms with Gasteiger partial charge in [0.25, 0.3) is 5.91 Å². The number of rotatable bonds is 6. The van der Waals surface area contributed by atoms with Crippen LogP contribution in [0.2, 0.25) is 0 Å². The molecule has 9 heteroatoms. The Morgan fingerprint density at radius 1 is 1.00 bits per heavy atom. The number of hydrogen-bond acceptors (Lipinski definition) is 5. The summed E-state index contributed by atoms with van der Waals surface area (Å²) in [5, 5.41) is 0. The van der Waals surface area contributed by atoms with Gasteiger partial charge in [-0.3, -0.25) is 9.59 Å². The number of esters is 1. The summed E-state index contributed by atoms with van der Waals surface area (Å²) < 4.78 is 45.2. The first-order valence-corrected chi connectivity index (χ1v) is 11.4. The molecule has 0 radical (unpaired) electrons. The van der Waals surface area contributed by atoms with Gasteiger partial charge in [-0.1, -0.05) is 29.8 Å². The number of nitrogens with zero attached hydrogens (tertiary/aromatic N) is 2. The highest BCUT2D eigenvalue weighted by Gasteiger charge is 2.31. The maximum atomic E-state index is 12.9. The number of carbonyl (C=O) groups is 2. The quantitative estimate of drug-likeness (QED) is 0.632. The number of aryl methyl sites for hydroxylation is 2. The zero-order chi connectivity index (χ0) is 22.6. The van der Waals surface area contributed by atoms with Crippen LogP contribution >= 0.6 is 0 Å². The molecule has 1 saturated heterocycles. The first-order chi connectivity index (χ1) is 14.7. The van der Waals surface area contributed by atoms with Gasteiger partial charge in [0.2, 0.25) is 10.0 Å². The predicted octanol–water partition coefficient (Wildman–Crippen LogP) is 2.06. The molecule has 1 aliphatic rings. The van der Waals surface area contributed by atoms with Crippen molar-refractivity contribution in [3.05, 3.63) is 65.0 Å². The third kappa shape index (κ3) is 5.68. The maximum Gasteiger partial charge on any atom is 0.310 e. The summed E-state index contributed by atoms with van der Waals surface area (Å²) in [6.45, 7) is 4.04. The highest BCUT2D eigenvalue weighted by molar-refractivity contribution is 7.89. The molecule has 1 amide bonds. The Bertz CT molecular complexity index is 1060. The Hall–Kier alpha value is -2.78. The van der Waals surface area contributed by atoms with Crippen LogP contribution in [-0.2, 0) is 30.8 Å². The maximum absolute atomic E-state index is 12.9. The molecule has 7 nitrogen and oxygen atoms in total. The molecular weight excluding hydrogens is 423 g/mol. The van der Waals surface area contributed by atoms with Crippen LogP contribution < -0.4 is 0 Å². The van der Waals surface area contributed by atoms with E-state index in [1.165, 1.54) is 33.5 Å². The van der Waals surface area contributed by atoms with Crippen molar-refractivity contribution in [1.82, 2.24) is 9.21 Å². The fraction of sp³-hybridized carbons (Fsp3) is 0.364. The van der Waals surface area contributed by atoms with Gasteiger partial charge >= 0.3 is 5.97 Å². The number of carbonyl (C=O) groups excluding carboxylic acids is 2. The Balaban J connectivity index is 1.50. The second kappa shape index (κ2) is 9.57. The van der Waals surface area contributed by atoms with Crippen molar-refractivity contribution >= 4 is 21.9 Å². The van der Waals surface area contributed by atoms with E-state index in [0.29, 0.717) is 11.1 Å². The van der Waals surface area contributed by atoms with Gasteiger partial charge in [0.1, 0.15) is 5.82 Å². The number of amides is 1. The van der Waals surface area contributed by atoms with Gasteiger partial charge < -0.3 is 9.64 Å². The van der Waals surface area contributed by atoms with Crippen molar-refractivity contribution in [3.8, 4) is 0 Å². The number of ether oxygens (including phenoxy) is 1. The Labute approximate surface area is 181 Å². The molecule has 0 unspecified atom stereocenters. The van der Waals surface area contributed by atoms with Crippen molar-refractivity contribution < 1.29 is 27.1 Å². The van der Waals surface area contributed by atoms with E-state index in [2.05, 4.69) is 0 Å². The Kier molecular flexibility index (Phi) is 7.07. The lowest BCUT2D eigenvalue weighted by Crippen LogP contribution is -2.51. The van der Waals surface area contributed by atoms with Crippen molar-refractivity contribution in [3.63, 3.8) is 0 Å². The van der Waals surface area contributed by atoms with E-state index in [9.17, 15) is 22.4 Å². The molecule has 31 heavy (non-hydrogen) atoms. The molecule has 0 aliphatic carbocycles. The van der Waals surface area contributed by atoms with E-state index < -0.39 is 28.4 Å². The lowest BCUT2D eigenvalue weighted by atomic mass is 10.1. The van der Waals surface area contributed by atoms with E-state index in [-0.39, 0.29) is 43.4 Å². The lowest BCUT2D eigenvalue weighted by Gasteiger charge is -2.34. The molecular formula is C22H25FN2O5S. The molecule has 0 N–H and O–H groups in total. The zero-order valence-electron chi connectivity index (χ0n) is 17.5. The van der Waals surface area contributed by atoms with Gasteiger partial charge in [-0.25, -0.2) is 12.8 Å². The third-order valence-electron chi connectivity index (χ3n) is 5.16. The summed E-state index contributed by atoms with van der Waals surface area (Å²) in [6.07, 6.45) is -0.0600. The highest BCUT2D eigenvalue weighted by Crippen LogP contribution is 2.22. The molecule has 0 saturated carbocycles. The summed E-state index contributed by atoms with van der Waals surface area (Å²) in [4.78, 5) is 26.0. The number of piperazine rings is 1. The van der Waals surface area contributed by atoms with Gasteiger partial charge in [-0.15, -0.1) is 0 Å². The predicted molar refractivity (Wildman–Crippen MR) is 112 cm³/mol. The standard InChI is InChI=1S/C22H25FN2O5S/c1-16-3-8-20(17(2)13-16)31(28,29)25-11-9-24(10-12-25)21(26)15-30-22(27)14-18-4-6-19(23)7-5-18/h3-8,13H,9-12,14-15H2,1-2H3. The van der Waals surface area contributed by atoms with Crippen molar-refractivity contribution in [1.29, 1.82) is 0 Å². The molecule has 0 bridgehead atoms. The van der Waals surface area contributed by atoms with Crippen LogP contribution in [0.15, 0.2) is 47.4 Å². The van der Waals surface area contributed by atoms with Crippen LogP contribution in [0, 0.1) is 19.7 Å². The molecule has 3 rings (SSSR count). The highest BCUT2D eigenvalue weighted by atomic mass is 32.2. The SMILES string of the molecule is Cc1ccc(S(=O)(=O)N2CCN(C(=O)COC(=O)Cc3ccc(F)cc3)CC2)c(C)c1. The van der Waals surface area contributed by atoms with Gasteiger partial charge in [-0.05, 0) is 43.2 Å². The minimum atomic E-state index is -3.64. The molecule has 0 atom stereocenters. The summed E-state index contributed by atoms with van der Waals surface area (Å²) in [5.41, 5.74) is 2.26. The van der Waals surface area contributed by atoms with Crippen LogP contribution in [-0.4, -0.2) is 62.3 Å². The van der Waals surface area contributed by atoms with Gasteiger partial charge in [0.15, 0.2) is 6.61 Å². The van der Waals surface area contributed by atoms with Crippen molar-refractivity contribution in [2.45, 2.75) is 25.2 Å². The smallest absolute Gasteiger partial charge is 0.310 e. The van der Waals surface area contributed by atoms with E-state index in [0.717, 1.165) is 5.56 Å². The topological polar surface area (TPSA) is 84.0 Å². The monoisotopic (exact) mass is 448 g/mol. The minimum absolute atomic E-state index is 0.0600. The Morgan fingerprint density at radius 3 is 2.26 bits per heavy atom. The van der Waals surface area contributed by atoms with E-state index >= 15 is 0 Å². The molecule has 0 spiro atoms. The molecule has 1 aliphatic heterocycles. The fourth-order valence-electron chi connectivity index (χ4n) is 3.46. The van der Waals surface area contributed by atoms with Gasteiger partial charge in [-0.2, -0.15) is 4.31 Å². The van der Waals surface area contributed by atoms with E-state index in [1.54, 1.807) is 19.1 Å². The minimum Gasteiger partial charge on any atom is -0.455 e. The molecule has 0 aromatic heterocycles. The van der Waals surface area contributed by atoms with E-state index in [4.69, 9.17) is 4.74 Å². The molecule has 1 heterocycles. The molecule has 1 fully saturated rings. The summed E-state index contributed by atoms with van der Waals surface area (Å²) in [6, 6.07) is 10.7. The second-order valence-corrected chi connectivity index (χ2v) is 9.42. The van der Waals surface area contributed by atoms with Crippen LogP contribution in [0.4, 0.5) is 4.39 Å². The number of sulfonamides is 1. The van der Waals surface area contributed by atoms with Gasteiger partial charge in [0.05, 0.1) is 11.3 Å². The number of hydrogen-bond donors (Lipinski definition) is 0. The first-order valence-electron chi connectivity index (χ1n) is 9.92. The summed E-state index contributed by atoms with van der Waals surface area (Å²) in [7, 11) is -3.64. The Morgan fingerprint density at radius 2 is 1.65 bits per heavy atom. The summed E-state index contributed by atoms with van der Waals surface area (Å²) >= 11 is 0. The number of benzene rings is 2.